The number of halogens is 1. The minimum absolute atomic E-state index is 0.0227. The molecule has 2 aromatic rings. The lowest BCUT2D eigenvalue weighted by Gasteiger charge is -2.21. The van der Waals surface area contributed by atoms with Gasteiger partial charge in [0.15, 0.2) is 11.6 Å². The van der Waals surface area contributed by atoms with Crippen LogP contribution in [0.1, 0.15) is 25.8 Å². The fourth-order valence-corrected chi connectivity index (χ4v) is 2.56. The molecule has 2 heterocycles. The SMILES string of the molecule is CC.COc1ccc(CN2C(=O)CCNc3ncc(Br)nc32)cc1. The summed E-state index contributed by atoms with van der Waals surface area (Å²) in [7, 11) is 1.63. The molecular formula is C17H21BrN4O2. The van der Waals surface area contributed by atoms with Crippen LogP contribution in [0.4, 0.5) is 11.6 Å². The first-order valence-electron chi connectivity index (χ1n) is 7.87. The Morgan fingerprint density at radius 1 is 1.29 bits per heavy atom. The van der Waals surface area contributed by atoms with Crippen molar-refractivity contribution in [1.29, 1.82) is 0 Å². The predicted octanol–water partition coefficient (Wildman–Crippen LogP) is 3.62. The van der Waals surface area contributed by atoms with Gasteiger partial charge in [-0.2, -0.15) is 0 Å². The normalized spacial score (nSPS) is 13.2. The number of amides is 1. The molecule has 0 fully saturated rings. The minimum Gasteiger partial charge on any atom is -0.497 e. The molecule has 0 unspecified atom stereocenters. The highest BCUT2D eigenvalue weighted by atomic mass is 79.9. The third kappa shape index (κ3) is 4.23. The Bertz CT molecular complexity index is 691. The second-order valence-corrected chi connectivity index (χ2v) is 5.68. The summed E-state index contributed by atoms with van der Waals surface area (Å²) in [6.45, 7) is 5.00. The Labute approximate surface area is 150 Å². The standard InChI is InChI=1S/C15H15BrN4O2.C2H6/c1-22-11-4-2-10(3-5-11)9-20-13(21)6-7-17-14-15(20)19-12(16)8-18-14;1-2/h2-5,8H,6-7,9H2,1H3,(H,17,18);1-2H3. The lowest BCUT2D eigenvalue weighted by atomic mass is 10.2. The quantitative estimate of drug-likeness (QED) is 0.863. The lowest BCUT2D eigenvalue weighted by Crippen LogP contribution is -2.30. The van der Waals surface area contributed by atoms with Crippen LogP contribution in [0, 0.1) is 0 Å². The lowest BCUT2D eigenvalue weighted by molar-refractivity contribution is -0.118. The van der Waals surface area contributed by atoms with Gasteiger partial charge in [-0.25, -0.2) is 9.97 Å². The maximum Gasteiger partial charge on any atom is 0.230 e. The monoisotopic (exact) mass is 392 g/mol. The van der Waals surface area contributed by atoms with E-state index in [9.17, 15) is 4.79 Å². The molecule has 7 heteroatoms. The summed E-state index contributed by atoms with van der Waals surface area (Å²) in [5, 5.41) is 3.14. The second kappa shape index (κ2) is 8.63. The van der Waals surface area contributed by atoms with Crippen molar-refractivity contribution in [2.24, 2.45) is 0 Å². The number of rotatable bonds is 3. The van der Waals surface area contributed by atoms with Gasteiger partial charge in [0.05, 0.1) is 19.9 Å². The van der Waals surface area contributed by atoms with Crippen molar-refractivity contribution in [1.82, 2.24) is 9.97 Å². The van der Waals surface area contributed by atoms with E-state index in [4.69, 9.17) is 4.74 Å². The van der Waals surface area contributed by atoms with Crippen molar-refractivity contribution in [3.63, 3.8) is 0 Å². The number of anilines is 2. The molecule has 1 aliphatic rings. The van der Waals surface area contributed by atoms with E-state index in [1.165, 1.54) is 0 Å². The first kappa shape index (κ1) is 18.2. The van der Waals surface area contributed by atoms with Crippen molar-refractivity contribution in [3.8, 4) is 5.75 Å². The third-order valence-electron chi connectivity index (χ3n) is 3.41. The third-order valence-corrected chi connectivity index (χ3v) is 3.79. The molecule has 24 heavy (non-hydrogen) atoms. The van der Waals surface area contributed by atoms with Crippen LogP contribution in [0.5, 0.6) is 5.75 Å². The van der Waals surface area contributed by atoms with Crippen LogP contribution in [0.25, 0.3) is 0 Å². The molecule has 1 amide bonds. The van der Waals surface area contributed by atoms with Crippen molar-refractivity contribution in [2.45, 2.75) is 26.8 Å². The average Bonchev–Trinajstić information content (AvgIpc) is 2.77. The number of carbonyl (C=O) groups excluding carboxylic acids is 1. The summed E-state index contributed by atoms with van der Waals surface area (Å²) < 4.78 is 5.75. The number of ether oxygens (including phenoxy) is 1. The van der Waals surface area contributed by atoms with Gasteiger partial charge in [-0.1, -0.05) is 26.0 Å². The maximum atomic E-state index is 12.4. The molecule has 0 spiro atoms. The number of carbonyl (C=O) groups is 1. The molecular weight excluding hydrogens is 372 g/mol. The van der Waals surface area contributed by atoms with Crippen LogP contribution >= 0.6 is 15.9 Å². The van der Waals surface area contributed by atoms with Crippen LogP contribution in [-0.4, -0.2) is 29.5 Å². The summed E-state index contributed by atoms with van der Waals surface area (Å²) in [4.78, 5) is 22.8. The van der Waals surface area contributed by atoms with Crippen LogP contribution in [0.2, 0.25) is 0 Å². The molecule has 0 saturated heterocycles. The predicted molar refractivity (Wildman–Crippen MR) is 98.4 cm³/mol. The topological polar surface area (TPSA) is 67.3 Å². The van der Waals surface area contributed by atoms with E-state index in [0.29, 0.717) is 35.7 Å². The molecule has 128 valence electrons. The van der Waals surface area contributed by atoms with Gasteiger partial charge >= 0.3 is 0 Å². The Morgan fingerprint density at radius 2 is 2.00 bits per heavy atom. The van der Waals surface area contributed by atoms with Crippen LogP contribution in [-0.2, 0) is 11.3 Å². The Morgan fingerprint density at radius 3 is 2.67 bits per heavy atom. The number of methoxy groups -OCH3 is 1. The molecule has 0 radical (unpaired) electrons. The van der Waals surface area contributed by atoms with Crippen LogP contribution < -0.4 is 15.0 Å². The van der Waals surface area contributed by atoms with Gasteiger partial charge < -0.3 is 10.1 Å². The molecule has 1 N–H and O–H groups in total. The fraction of sp³-hybridized carbons (Fsp3) is 0.353. The van der Waals surface area contributed by atoms with Gasteiger partial charge in [-0.3, -0.25) is 9.69 Å². The summed E-state index contributed by atoms with van der Waals surface area (Å²) in [6, 6.07) is 7.64. The summed E-state index contributed by atoms with van der Waals surface area (Å²) >= 11 is 3.31. The second-order valence-electron chi connectivity index (χ2n) is 4.87. The number of fused-ring (bicyclic) bond motifs is 1. The molecule has 1 aliphatic heterocycles. The van der Waals surface area contributed by atoms with E-state index in [-0.39, 0.29) is 5.91 Å². The van der Waals surface area contributed by atoms with Crippen molar-refractivity contribution >= 4 is 33.5 Å². The highest BCUT2D eigenvalue weighted by Crippen LogP contribution is 2.28. The van der Waals surface area contributed by atoms with Crippen molar-refractivity contribution in [2.75, 3.05) is 23.9 Å². The summed E-state index contributed by atoms with van der Waals surface area (Å²) in [5.74, 6) is 1.99. The molecule has 0 bridgehead atoms. The van der Waals surface area contributed by atoms with Gasteiger partial charge in [0.25, 0.3) is 0 Å². The van der Waals surface area contributed by atoms with E-state index >= 15 is 0 Å². The number of nitrogens with zero attached hydrogens (tertiary/aromatic N) is 3. The van der Waals surface area contributed by atoms with E-state index in [1.54, 1.807) is 18.2 Å². The number of benzene rings is 1. The molecule has 3 rings (SSSR count). The number of aromatic nitrogens is 2. The van der Waals surface area contributed by atoms with Gasteiger partial charge in [0.1, 0.15) is 10.4 Å². The number of nitrogens with one attached hydrogen (secondary N) is 1. The largest absolute Gasteiger partial charge is 0.497 e. The maximum absolute atomic E-state index is 12.4. The van der Waals surface area contributed by atoms with E-state index in [0.717, 1.165) is 11.3 Å². The highest BCUT2D eigenvalue weighted by Gasteiger charge is 2.24. The van der Waals surface area contributed by atoms with E-state index in [1.807, 2.05) is 38.1 Å². The molecule has 1 aromatic heterocycles. The Balaban J connectivity index is 0.00000100. The molecule has 6 nitrogen and oxygen atoms in total. The van der Waals surface area contributed by atoms with E-state index in [2.05, 4.69) is 31.2 Å². The zero-order valence-electron chi connectivity index (χ0n) is 14.0. The molecule has 0 aliphatic carbocycles. The number of hydrogen-bond acceptors (Lipinski definition) is 5. The van der Waals surface area contributed by atoms with Crippen LogP contribution in [0.3, 0.4) is 0 Å². The van der Waals surface area contributed by atoms with Gasteiger partial charge in [0.2, 0.25) is 5.91 Å². The van der Waals surface area contributed by atoms with Crippen molar-refractivity contribution in [3.05, 3.63) is 40.6 Å². The number of hydrogen-bond donors (Lipinski definition) is 1. The highest BCUT2D eigenvalue weighted by molar-refractivity contribution is 9.10. The van der Waals surface area contributed by atoms with Gasteiger partial charge in [0, 0.05) is 13.0 Å². The first-order chi connectivity index (χ1) is 11.7. The molecule has 1 aromatic carbocycles. The zero-order chi connectivity index (χ0) is 17.5. The smallest absolute Gasteiger partial charge is 0.230 e. The van der Waals surface area contributed by atoms with Gasteiger partial charge in [-0.15, -0.1) is 0 Å². The van der Waals surface area contributed by atoms with E-state index < -0.39 is 0 Å². The zero-order valence-corrected chi connectivity index (χ0v) is 15.6. The first-order valence-corrected chi connectivity index (χ1v) is 8.66. The fourth-order valence-electron chi connectivity index (χ4n) is 2.29. The summed E-state index contributed by atoms with van der Waals surface area (Å²) in [6.07, 6.45) is 2.03. The Hall–Kier alpha value is -2.15. The molecule has 0 saturated carbocycles. The molecule has 0 atom stereocenters. The van der Waals surface area contributed by atoms with Gasteiger partial charge in [-0.05, 0) is 33.6 Å². The Kier molecular flexibility index (Phi) is 6.54. The average molecular weight is 393 g/mol. The van der Waals surface area contributed by atoms with Crippen LogP contribution in [0.15, 0.2) is 35.1 Å². The van der Waals surface area contributed by atoms with Crippen molar-refractivity contribution < 1.29 is 9.53 Å². The summed E-state index contributed by atoms with van der Waals surface area (Å²) in [5.41, 5.74) is 1.00. The minimum atomic E-state index is 0.0227.